The minimum absolute atomic E-state index is 0.342. The van der Waals surface area contributed by atoms with E-state index in [0.717, 1.165) is 63.2 Å². The third-order valence-corrected chi connectivity index (χ3v) is 6.56. The summed E-state index contributed by atoms with van der Waals surface area (Å²) in [4.78, 5) is 34.6. The highest BCUT2D eigenvalue weighted by molar-refractivity contribution is 8.18. The van der Waals surface area contributed by atoms with E-state index in [0.29, 0.717) is 22.5 Å². The lowest BCUT2D eigenvalue weighted by molar-refractivity contribution is -0.115. The Morgan fingerprint density at radius 3 is 2.76 bits per heavy atom. The Kier molecular flexibility index (Phi) is 6.78. The summed E-state index contributed by atoms with van der Waals surface area (Å²) in [6.45, 7) is 6.37. The number of aromatic nitrogens is 2. The maximum Gasteiger partial charge on any atom is 0.290 e. The smallest absolute Gasteiger partial charge is 0.290 e. The van der Waals surface area contributed by atoms with E-state index in [2.05, 4.69) is 30.8 Å². The summed E-state index contributed by atoms with van der Waals surface area (Å²) in [5.41, 5.74) is 0.646. The summed E-state index contributed by atoms with van der Waals surface area (Å²) in [6.07, 6.45) is 8.22. The molecule has 3 aliphatic heterocycles. The first kappa shape index (κ1) is 20.3. The highest BCUT2D eigenvalue weighted by Gasteiger charge is 2.26. The molecule has 9 heteroatoms. The first-order valence-corrected chi connectivity index (χ1v) is 11.2. The number of nitrogens with zero attached hydrogens (tertiary/aromatic N) is 3. The summed E-state index contributed by atoms with van der Waals surface area (Å²) in [7, 11) is 0. The molecule has 0 aliphatic carbocycles. The molecular formula is C20H28N6O2S. The van der Waals surface area contributed by atoms with Gasteiger partial charge in [-0.3, -0.25) is 14.9 Å². The van der Waals surface area contributed by atoms with Crippen LogP contribution in [0.15, 0.2) is 17.2 Å². The molecule has 8 nitrogen and oxygen atoms in total. The quantitative estimate of drug-likeness (QED) is 0.602. The number of amides is 2. The largest absolute Gasteiger partial charge is 0.341 e. The molecule has 156 valence electrons. The van der Waals surface area contributed by atoms with Crippen molar-refractivity contribution in [3.63, 3.8) is 0 Å². The second-order valence-corrected chi connectivity index (χ2v) is 8.95. The number of nitrogens with one attached hydrogen (secondary N) is 3. The fraction of sp³-hybridized carbons (Fsp3) is 0.600. The van der Waals surface area contributed by atoms with E-state index < -0.39 is 0 Å². The SMILES string of the molecule is O=C1NC(=O)C(=Cc2ccnc(N3CCC(CNCC4CCCNC4)CC3)n2)S1. The number of hydrogen-bond donors (Lipinski definition) is 3. The number of carbonyl (C=O) groups excluding carboxylic acids is 2. The van der Waals surface area contributed by atoms with Crippen LogP contribution in [0.2, 0.25) is 0 Å². The van der Waals surface area contributed by atoms with Gasteiger partial charge >= 0.3 is 0 Å². The summed E-state index contributed by atoms with van der Waals surface area (Å²) in [5, 5.41) is 9.06. The summed E-state index contributed by atoms with van der Waals surface area (Å²) in [6, 6.07) is 1.75. The van der Waals surface area contributed by atoms with Crippen molar-refractivity contribution in [3.8, 4) is 0 Å². The van der Waals surface area contributed by atoms with Crippen LogP contribution in [0.5, 0.6) is 0 Å². The number of rotatable bonds is 6. The van der Waals surface area contributed by atoms with Crippen molar-refractivity contribution in [1.29, 1.82) is 0 Å². The number of anilines is 1. The second kappa shape index (κ2) is 9.69. The fourth-order valence-electron chi connectivity index (χ4n) is 4.08. The zero-order valence-corrected chi connectivity index (χ0v) is 17.3. The molecule has 4 heterocycles. The molecule has 29 heavy (non-hydrogen) atoms. The third kappa shape index (κ3) is 5.55. The maximum absolute atomic E-state index is 11.7. The number of hydrogen-bond acceptors (Lipinski definition) is 8. The van der Waals surface area contributed by atoms with Gasteiger partial charge in [-0.2, -0.15) is 0 Å². The molecule has 0 aromatic carbocycles. The predicted molar refractivity (Wildman–Crippen MR) is 115 cm³/mol. The van der Waals surface area contributed by atoms with Crippen molar-refractivity contribution >= 4 is 34.9 Å². The first-order valence-electron chi connectivity index (χ1n) is 10.4. The van der Waals surface area contributed by atoms with Gasteiger partial charge in [0.2, 0.25) is 5.95 Å². The van der Waals surface area contributed by atoms with Gasteiger partial charge in [-0.15, -0.1) is 0 Å². The van der Waals surface area contributed by atoms with Gasteiger partial charge < -0.3 is 15.5 Å². The maximum atomic E-state index is 11.7. The Morgan fingerprint density at radius 2 is 2.03 bits per heavy atom. The molecule has 3 fully saturated rings. The lowest BCUT2D eigenvalue weighted by atomic mass is 9.96. The molecule has 3 aliphatic rings. The van der Waals surface area contributed by atoms with Crippen LogP contribution in [0, 0.1) is 11.8 Å². The first-order chi connectivity index (χ1) is 14.2. The molecule has 4 rings (SSSR count). The topological polar surface area (TPSA) is 99.2 Å². The molecule has 0 bridgehead atoms. The van der Waals surface area contributed by atoms with Crippen molar-refractivity contribution in [2.75, 3.05) is 44.2 Å². The molecule has 1 aromatic heterocycles. The molecule has 3 N–H and O–H groups in total. The average molecular weight is 417 g/mol. The predicted octanol–water partition coefficient (Wildman–Crippen LogP) is 1.61. The molecule has 0 radical (unpaired) electrons. The zero-order chi connectivity index (χ0) is 20.1. The minimum atomic E-state index is -0.363. The van der Waals surface area contributed by atoms with Gasteiger partial charge in [0, 0.05) is 19.3 Å². The van der Waals surface area contributed by atoms with E-state index in [1.165, 1.54) is 19.4 Å². The van der Waals surface area contributed by atoms with Crippen LogP contribution in [0.25, 0.3) is 6.08 Å². The number of piperidine rings is 2. The number of imide groups is 1. The van der Waals surface area contributed by atoms with Crippen LogP contribution in [0.1, 0.15) is 31.4 Å². The fourth-order valence-corrected chi connectivity index (χ4v) is 4.74. The molecular weight excluding hydrogens is 388 g/mol. The number of thioether (sulfide) groups is 1. The Balaban J connectivity index is 1.26. The lowest BCUT2D eigenvalue weighted by Gasteiger charge is -2.32. The summed E-state index contributed by atoms with van der Waals surface area (Å²) < 4.78 is 0. The molecule has 3 saturated heterocycles. The van der Waals surface area contributed by atoms with Crippen molar-refractivity contribution in [2.45, 2.75) is 25.7 Å². The van der Waals surface area contributed by atoms with Crippen LogP contribution >= 0.6 is 11.8 Å². The van der Waals surface area contributed by atoms with E-state index in [1.807, 2.05) is 0 Å². The van der Waals surface area contributed by atoms with Crippen molar-refractivity contribution < 1.29 is 9.59 Å². The van der Waals surface area contributed by atoms with E-state index in [1.54, 1.807) is 18.3 Å². The monoisotopic (exact) mass is 416 g/mol. The van der Waals surface area contributed by atoms with E-state index in [-0.39, 0.29) is 11.1 Å². The van der Waals surface area contributed by atoms with Gasteiger partial charge in [-0.1, -0.05) is 0 Å². The van der Waals surface area contributed by atoms with Crippen LogP contribution in [-0.2, 0) is 4.79 Å². The highest BCUT2D eigenvalue weighted by Crippen LogP contribution is 2.26. The van der Waals surface area contributed by atoms with Gasteiger partial charge in [0.05, 0.1) is 10.6 Å². The Morgan fingerprint density at radius 1 is 1.21 bits per heavy atom. The van der Waals surface area contributed by atoms with Crippen LogP contribution in [-0.4, -0.2) is 60.4 Å². The van der Waals surface area contributed by atoms with Gasteiger partial charge in [0.1, 0.15) is 0 Å². The standard InChI is InChI=1S/C20H28N6O2S/c27-18-17(29-20(28)25-18)10-16-3-7-23-19(24-16)26-8-4-14(5-9-26)11-22-13-15-2-1-6-21-12-15/h3,7,10,14-15,21-22H,1-2,4-6,8-9,11-13H2,(H,25,27,28). The zero-order valence-electron chi connectivity index (χ0n) is 16.5. The third-order valence-electron chi connectivity index (χ3n) is 5.75. The Bertz CT molecular complexity index is 772. The van der Waals surface area contributed by atoms with E-state index in [4.69, 9.17) is 0 Å². The Labute approximate surface area is 175 Å². The van der Waals surface area contributed by atoms with Gasteiger partial charge in [-0.25, -0.2) is 9.97 Å². The van der Waals surface area contributed by atoms with Gasteiger partial charge in [0.15, 0.2) is 0 Å². The van der Waals surface area contributed by atoms with Crippen molar-refractivity contribution in [1.82, 2.24) is 25.9 Å². The summed E-state index contributed by atoms with van der Waals surface area (Å²) in [5.74, 6) is 1.79. The van der Waals surface area contributed by atoms with Crippen molar-refractivity contribution in [2.24, 2.45) is 11.8 Å². The van der Waals surface area contributed by atoms with Crippen LogP contribution in [0.4, 0.5) is 10.7 Å². The Hall–Kier alpha value is -1.97. The van der Waals surface area contributed by atoms with Crippen LogP contribution < -0.4 is 20.9 Å². The van der Waals surface area contributed by atoms with E-state index in [9.17, 15) is 9.59 Å². The van der Waals surface area contributed by atoms with Gasteiger partial charge in [0.25, 0.3) is 11.1 Å². The van der Waals surface area contributed by atoms with E-state index >= 15 is 0 Å². The lowest BCUT2D eigenvalue weighted by Crippen LogP contribution is -2.40. The number of carbonyl (C=O) groups is 2. The van der Waals surface area contributed by atoms with Crippen molar-refractivity contribution in [3.05, 3.63) is 22.9 Å². The van der Waals surface area contributed by atoms with Crippen LogP contribution in [0.3, 0.4) is 0 Å². The second-order valence-electron chi connectivity index (χ2n) is 7.93. The summed E-state index contributed by atoms with van der Waals surface area (Å²) >= 11 is 0.905. The molecule has 0 spiro atoms. The molecule has 2 amide bonds. The average Bonchev–Trinajstić information content (AvgIpc) is 3.06. The highest BCUT2D eigenvalue weighted by atomic mass is 32.2. The molecule has 1 unspecified atom stereocenters. The molecule has 0 saturated carbocycles. The molecule has 1 atom stereocenters. The minimum Gasteiger partial charge on any atom is -0.341 e. The normalized spacial score (nSPS) is 24.9. The van der Waals surface area contributed by atoms with Gasteiger partial charge in [-0.05, 0) is 87.6 Å². The molecule has 1 aromatic rings.